The lowest BCUT2D eigenvalue weighted by molar-refractivity contribution is -0.125. The molecule has 0 amide bonds. The van der Waals surface area contributed by atoms with E-state index in [4.69, 9.17) is 0 Å². The summed E-state index contributed by atoms with van der Waals surface area (Å²) in [5.74, 6) is 0.707. The van der Waals surface area contributed by atoms with Crippen molar-refractivity contribution in [3.05, 3.63) is 0 Å². The van der Waals surface area contributed by atoms with E-state index in [1.807, 2.05) is 6.92 Å². The third-order valence-corrected chi connectivity index (χ3v) is 2.20. The van der Waals surface area contributed by atoms with Crippen molar-refractivity contribution in [3.8, 4) is 0 Å². The van der Waals surface area contributed by atoms with Gasteiger partial charge in [0, 0.05) is 25.4 Å². The largest absolute Gasteiger partial charge is 0.302 e. The standard InChI is InChI=1S/C8H15NO/c1-3-9-5-4-8(10)7(2)6-9/h7H,3-6H2,1-2H3/t7-/m0/s1. The monoisotopic (exact) mass is 141 g/mol. The second kappa shape index (κ2) is 3.15. The van der Waals surface area contributed by atoms with Crippen LogP contribution in [0.2, 0.25) is 0 Å². The van der Waals surface area contributed by atoms with E-state index < -0.39 is 0 Å². The molecule has 0 aliphatic carbocycles. The van der Waals surface area contributed by atoms with E-state index in [1.165, 1.54) is 0 Å². The highest BCUT2D eigenvalue weighted by Crippen LogP contribution is 2.10. The van der Waals surface area contributed by atoms with Crippen LogP contribution in [0.4, 0.5) is 0 Å². The number of hydrogen-bond acceptors (Lipinski definition) is 2. The van der Waals surface area contributed by atoms with Crippen molar-refractivity contribution < 1.29 is 4.79 Å². The average Bonchev–Trinajstić information content (AvgIpc) is 1.95. The molecule has 1 fully saturated rings. The highest BCUT2D eigenvalue weighted by Gasteiger charge is 2.21. The summed E-state index contributed by atoms with van der Waals surface area (Å²) >= 11 is 0. The van der Waals surface area contributed by atoms with Crippen LogP contribution in [0.5, 0.6) is 0 Å². The van der Waals surface area contributed by atoms with Gasteiger partial charge in [-0.2, -0.15) is 0 Å². The summed E-state index contributed by atoms with van der Waals surface area (Å²) in [4.78, 5) is 13.4. The maximum Gasteiger partial charge on any atom is 0.138 e. The Bertz CT molecular complexity index is 133. The molecule has 0 aromatic heterocycles. The minimum Gasteiger partial charge on any atom is -0.302 e. The first-order chi connectivity index (χ1) is 4.74. The number of carbonyl (C=O) groups excluding carboxylic acids is 1. The molecule has 0 spiro atoms. The zero-order valence-electron chi connectivity index (χ0n) is 6.76. The first kappa shape index (κ1) is 7.73. The van der Waals surface area contributed by atoms with Gasteiger partial charge in [0.2, 0.25) is 0 Å². The summed E-state index contributed by atoms with van der Waals surface area (Å²) in [6.45, 7) is 7.18. The highest BCUT2D eigenvalue weighted by molar-refractivity contribution is 5.81. The van der Waals surface area contributed by atoms with Gasteiger partial charge in [-0.05, 0) is 6.54 Å². The second-order valence-electron chi connectivity index (χ2n) is 3.01. The Balaban J connectivity index is 2.40. The number of likely N-dealkylation sites (tertiary alicyclic amines) is 1. The smallest absolute Gasteiger partial charge is 0.138 e. The van der Waals surface area contributed by atoms with E-state index in [0.29, 0.717) is 5.78 Å². The summed E-state index contributed by atoms with van der Waals surface area (Å²) < 4.78 is 0. The molecule has 1 heterocycles. The third-order valence-electron chi connectivity index (χ3n) is 2.20. The molecule has 58 valence electrons. The average molecular weight is 141 g/mol. The predicted molar refractivity (Wildman–Crippen MR) is 40.9 cm³/mol. The lowest BCUT2D eigenvalue weighted by Gasteiger charge is -2.28. The molecule has 0 N–H and O–H groups in total. The molecule has 0 bridgehead atoms. The number of rotatable bonds is 1. The van der Waals surface area contributed by atoms with Crippen LogP contribution in [0.1, 0.15) is 20.3 Å². The SMILES string of the molecule is CCN1CCC(=O)[C@@H](C)C1. The van der Waals surface area contributed by atoms with Gasteiger partial charge in [0.15, 0.2) is 0 Å². The van der Waals surface area contributed by atoms with Crippen molar-refractivity contribution in [2.24, 2.45) is 5.92 Å². The van der Waals surface area contributed by atoms with Crippen molar-refractivity contribution in [1.29, 1.82) is 0 Å². The van der Waals surface area contributed by atoms with E-state index in [2.05, 4.69) is 11.8 Å². The Kier molecular flexibility index (Phi) is 2.44. The van der Waals surface area contributed by atoms with Crippen LogP contribution in [0.15, 0.2) is 0 Å². The van der Waals surface area contributed by atoms with Crippen molar-refractivity contribution in [1.82, 2.24) is 4.90 Å². The molecule has 10 heavy (non-hydrogen) atoms. The zero-order chi connectivity index (χ0) is 7.56. The van der Waals surface area contributed by atoms with Gasteiger partial charge < -0.3 is 4.90 Å². The number of hydrogen-bond donors (Lipinski definition) is 0. The molecule has 1 aliphatic rings. The molecule has 1 atom stereocenters. The molecular weight excluding hydrogens is 126 g/mol. The molecule has 0 aromatic rings. The number of Topliss-reactive ketones (excluding diaryl/α,β-unsaturated/α-hetero) is 1. The summed E-state index contributed by atoms with van der Waals surface area (Å²) in [7, 11) is 0. The van der Waals surface area contributed by atoms with Crippen molar-refractivity contribution in [2.75, 3.05) is 19.6 Å². The first-order valence-corrected chi connectivity index (χ1v) is 3.99. The summed E-state index contributed by atoms with van der Waals surface area (Å²) in [6, 6.07) is 0. The fourth-order valence-corrected chi connectivity index (χ4v) is 1.38. The first-order valence-electron chi connectivity index (χ1n) is 3.99. The number of piperidine rings is 1. The minimum absolute atomic E-state index is 0.272. The minimum atomic E-state index is 0.272. The van der Waals surface area contributed by atoms with Crippen LogP contribution in [0, 0.1) is 5.92 Å². The molecule has 0 saturated carbocycles. The number of ketones is 1. The van der Waals surface area contributed by atoms with Gasteiger partial charge in [-0.3, -0.25) is 4.79 Å². The molecule has 0 aromatic carbocycles. The molecule has 1 aliphatic heterocycles. The maximum absolute atomic E-state index is 11.0. The van der Waals surface area contributed by atoms with Crippen LogP contribution in [-0.2, 0) is 4.79 Å². The lowest BCUT2D eigenvalue weighted by atomic mass is 9.99. The fourth-order valence-electron chi connectivity index (χ4n) is 1.38. The van der Waals surface area contributed by atoms with Gasteiger partial charge >= 0.3 is 0 Å². The second-order valence-corrected chi connectivity index (χ2v) is 3.01. The predicted octanol–water partition coefficient (Wildman–Crippen LogP) is 0.917. The highest BCUT2D eigenvalue weighted by atomic mass is 16.1. The summed E-state index contributed by atoms with van der Waals surface area (Å²) in [5, 5.41) is 0. The number of nitrogens with zero attached hydrogens (tertiary/aromatic N) is 1. The van der Waals surface area contributed by atoms with E-state index in [1.54, 1.807) is 0 Å². The van der Waals surface area contributed by atoms with Crippen LogP contribution in [0.3, 0.4) is 0 Å². The Morgan fingerprint density at radius 2 is 2.40 bits per heavy atom. The van der Waals surface area contributed by atoms with Crippen LogP contribution >= 0.6 is 0 Å². The van der Waals surface area contributed by atoms with E-state index in [-0.39, 0.29) is 5.92 Å². The van der Waals surface area contributed by atoms with E-state index in [0.717, 1.165) is 26.1 Å². The van der Waals surface area contributed by atoms with E-state index in [9.17, 15) is 4.79 Å². The van der Waals surface area contributed by atoms with Crippen LogP contribution in [0.25, 0.3) is 0 Å². The molecule has 0 radical (unpaired) electrons. The van der Waals surface area contributed by atoms with E-state index >= 15 is 0 Å². The van der Waals surface area contributed by atoms with Crippen LogP contribution < -0.4 is 0 Å². The topological polar surface area (TPSA) is 20.3 Å². The number of carbonyl (C=O) groups is 1. The Hall–Kier alpha value is -0.370. The van der Waals surface area contributed by atoms with Crippen molar-refractivity contribution in [2.45, 2.75) is 20.3 Å². The summed E-state index contributed by atoms with van der Waals surface area (Å²) in [5.41, 5.74) is 0. The molecular formula is C8H15NO. The third kappa shape index (κ3) is 1.57. The Labute approximate surface area is 62.2 Å². The van der Waals surface area contributed by atoms with Crippen molar-refractivity contribution in [3.63, 3.8) is 0 Å². The quantitative estimate of drug-likeness (QED) is 0.541. The normalized spacial score (nSPS) is 29.0. The van der Waals surface area contributed by atoms with Crippen LogP contribution in [-0.4, -0.2) is 30.3 Å². The van der Waals surface area contributed by atoms with Gasteiger partial charge in [0.05, 0.1) is 0 Å². The Morgan fingerprint density at radius 1 is 1.70 bits per heavy atom. The van der Waals surface area contributed by atoms with Gasteiger partial charge in [0.1, 0.15) is 5.78 Å². The Morgan fingerprint density at radius 3 is 2.90 bits per heavy atom. The van der Waals surface area contributed by atoms with Gasteiger partial charge in [-0.1, -0.05) is 13.8 Å². The van der Waals surface area contributed by atoms with Crippen molar-refractivity contribution >= 4 is 5.78 Å². The van der Waals surface area contributed by atoms with Gasteiger partial charge in [0.25, 0.3) is 0 Å². The molecule has 2 heteroatoms. The van der Waals surface area contributed by atoms with Gasteiger partial charge in [-0.25, -0.2) is 0 Å². The molecule has 0 unspecified atom stereocenters. The maximum atomic E-state index is 11.0. The summed E-state index contributed by atoms with van der Waals surface area (Å²) in [6.07, 6.45) is 0.759. The zero-order valence-corrected chi connectivity index (χ0v) is 6.76. The molecule has 1 saturated heterocycles. The fraction of sp³-hybridized carbons (Fsp3) is 0.875. The molecule has 1 rings (SSSR count). The lowest BCUT2D eigenvalue weighted by Crippen LogP contribution is -2.39. The molecule has 2 nitrogen and oxygen atoms in total. The van der Waals surface area contributed by atoms with Gasteiger partial charge in [-0.15, -0.1) is 0 Å².